The molecule has 2 aromatic rings. The third kappa shape index (κ3) is 4.90. The van der Waals surface area contributed by atoms with Crippen molar-refractivity contribution >= 4 is 17.3 Å². The number of nitrogens with one attached hydrogen (secondary N) is 2. The molecular weight excluding hydrogens is 314 g/mol. The maximum atomic E-state index is 5.37. The van der Waals surface area contributed by atoms with Gasteiger partial charge in [-0.1, -0.05) is 17.7 Å². The number of anilines is 3. The lowest BCUT2D eigenvalue weighted by atomic mass is 10.1. The second-order valence-electron chi connectivity index (χ2n) is 6.57. The van der Waals surface area contributed by atoms with Crippen molar-refractivity contribution in [2.24, 2.45) is 0 Å². The fraction of sp³-hybridized carbons (Fsp3) is 0.474. The molecule has 1 aromatic carbocycles. The fourth-order valence-corrected chi connectivity index (χ4v) is 3.19. The van der Waals surface area contributed by atoms with E-state index in [1.54, 1.807) is 6.33 Å². The van der Waals surface area contributed by atoms with Gasteiger partial charge in [-0.2, -0.15) is 0 Å². The Balaban J connectivity index is 1.59. The first-order valence-electron chi connectivity index (χ1n) is 8.83. The predicted molar refractivity (Wildman–Crippen MR) is 102 cm³/mol. The van der Waals surface area contributed by atoms with Crippen LogP contribution in [0, 0.1) is 20.8 Å². The van der Waals surface area contributed by atoms with E-state index < -0.39 is 0 Å². The monoisotopic (exact) mass is 341 g/mol. The summed E-state index contributed by atoms with van der Waals surface area (Å²) in [7, 11) is 0. The number of aryl methyl sites for hydroxylation is 3. The molecular formula is C19H27N5O. The summed E-state index contributed by atoms with van der Waals surface area (Å²) in [4.78, 5) is 11.1. The van der Waals surface area contributed by atoms with Crippen molar-refractivity contribution in [1.29, 1.82) is 0 Å². The topological polar surface area (TPSA) is 62.3 Å². The molecule has 1 aliphatic heterocycles. The van der Waals surface area contributed by atoms with E-state index in [0.717, 1.165) is 56.7 Å². The van der Waals surface area contributed by atoms with Gasteiger partial charge in [0.05, 0.1) is 13.2 Å². The maximum absolute atomic E-state index is 5.37. The number of benzene rings is 1. The number of ether oxygens (including phenoxy) is 1. The molecule has 0 amide bonds. The van der Waals surface area contributed by atoms with Gasteiger partial charge in [0.1, 0.15) is 18.0 Å². The van der Waals surface area contributed by atoms with Gasteiger partial charge in [-0.25, -0.2) is 9.97 Å². The Labute approximate surface area is 149 Å². The van der Waals surface area contributed by atoms with Crippen LogP contribution >= 0.6 is 0 Å². The Bertz CT molecular complexity index is 690. The first kappa shape index (κ1) is 17.6. The molecule has 0 atom stereocenters. The molecule has 2 N–H and O–H groups in total. The van der Waals surface area contributed by atoms with Crippen LogP contribution in [0.5, 0.6) is 0 Å². The van der Waals surface area contributed by atoms with E-state index in [9.17, 15) is 0 Å². The number of nitrogens with zero attached hydrogens (tertiary/aromatic N) is 3. The minimum absolute atomic E-state index is 0.805. The molecule has 25 heavy (non-hydrogen) atoms. The summed E-state index contributed by atoms with van der Waals surface area (Å²) in [5, 5.41) is 6.81. The maximum Gasteiger partial charge on any atom is 0.135 e. The predicted octanol–water partition coefficient (Wildman–Crippen LogP) is 2.89. The van der Waals surface area contributed by atoms with Crippen LogP contribution in [0.1, 0.15) is 16.7 Å². The molecule has 134 valence electrons. The van der Waals surface area contributed by atoms with Gasteiger partial charge in [-0.15, -0.1) is 0 Å². The Hall–Kier alpha value is -2.18. The van der Waals surface area contributed by atoms with Crippen LogP contribution < -0.4 is 10.6 Å². The second kappa shape index (κ2) is 8.27. The van der Waals surface area contributed by atoms with E-state index >= 15 is 0 Å². The van der Waals surface area contributed by atoms with Gasteiger partial charge in [0, 0.05) is 37.9 Å². The molecule has 0 aliphatic carbocycles. The highest BCUT2D eigenvalue weighted by Crippen LogP contribution is 2.25. The summed E-state index contributed by atoms with van der Waals surface area (Å²) >= 11 is 0. The Kier molecular flexibility index (Phi) is 5.83. The standard InChI is InChI=1S/C19H27N5O/c1-14-10-15(2)19(16(3)11-14)23-18-12-17(21-13-22-18)20-4-5-24-6-8-25-9-7-24/h10-13H,4-9H2,1-3H3,(H2,20,21,22,23). The molecule has 0 radical (unpaired) electrons. The third-order valence-electron chi connectivity index (χ3n) is 4.44. The quantitative estimate of drug-likeness (QED) is 0.842. The number of hydrogen-bond donors (Lipinski definition) is 2. The Morgan fingerprint density at radius 1 is 1.00 bits per heavy atom. The van der Waals surface area contributed by atoms with Crippen LogP contribution in [0.3, 0.4) is 0 Å². The highest BCUT2D eigenvalue weighted by molar-refractivity contribution is 5.66. The van der Waals surface area contributed by atoms with Crippen molar-refractivity contribution in [1.82, 2.24) is 14.9 Å². The molecule has 3 rings (SSSR count). The van der Waals surface area contributed by atoms with E-state index in [2.05, 4.69) is 58.4 Å². The minimum atomic E-state index is 0.805. The van der Waals surface area contributed by atoms with Crippen LogP contribution in [-0.2, 0) is 4.74 Å². The summed E-state index contributed by atoms with van der Waals surface area (Å²) in [6, 6.07) is 6.31. The molecule has 6 nitrogen and oxygen atoms in total. The summed E-state index contributed by atoms with van der Waals surface area (Å²) < 4.78 is 5.37. The van der Waals surface area contributed by atoms with E-state index in [0.29, 0.717) is 0 Å². The average molecular weight is 341 g/mol. The SMILES string of the molecule is Cc1cc(C)c(Nc2cc(NCCN3CCOCC3)ncn2)c(C)c1. The largest absolute Gasteiger partial charge is 0.379 e. The van der Waals surface area contributed by atoms with Gasteiger partial charge in [-0.05, 0) is 31.9 Å². The first-order chi connectivity index (χ1) is 12.1. The smallest absolute Gasteiger partial charge is 0.135 e. The Morgan fingerprint density at radius 2 is 1.68 bits per heavy atom. The van der Waals surface area contributed by atoms with Crippen LogP contribution in [0.15, 0.2) is 24.5 Å². The molecule has 0 unspecified atom stereocenters. The van der Waals surface area contributed by atoms with Crippen LogP contribution in [0.4, 0.5) is 17.3 Å². The summed E-state index contributed by atoms with van der Waals surface area (Å²) in [6.07, 6.45) is 1.60. The fourth-order valence-electron chi connectivity index (χ4n) is 3.19. The van der Waals surface area contributed by atoms with Gasteiger partial charge in [-0.3, -0.25) is 4.90 Å². The Morgan fingerprint density at radius 3 is 2.40 bits per heavy atom. The van der Waals surface area contributed by atoms with Crippen molar-refractivity contribution < 1.29 is 4.74 Å². The molecule has 1 aliphatic rings. The van der Waals surface area contributed by atoms with Gasteiger partial charge in [0.15, 0.2) is 0 Å². The van der Waals surface area contributed by atoms with Crippen molar-refractivity contribution in [3.8, 4) is 0 Å². The molecule has 1 saturated heterocycles. The zero-order valence-electron chi connectivity index (χ0n) is 15.3. The van der Waals surface area contributed by atoms with Crippen LogP contribution in [-0.4, -0.2) is 54.3 Å². The first-order valence-corrected chi connectivity index (χ1v) is 8.83. The van der Waals surface area contributed by atoms with Crippen LogP contribution in [0.25, 0.3) is 0 Å². The van der Waals surface area contributed by atoms with Gasteiger partial charge in [0.2, 0.25) is 0 Å². The normalized spacial score (nSPS) is 15.2. The molecule has 0 bridgehead atoms. The summed E-state index contributed by atoms with van der Waals surface area (Å²) in [5.74, 6) is 1.65. The van der Waals surface area contributed by atoms with Crippen molar-refractivity contribution in [2.75, 3.05) is 50.0 Å². The molecule has 1 fully saturated rings. The average Bonchev–Trinajstić information content (AvgIpc) is 2.59. The van der Waals surface area contributed by atoms with E-state index in [1.807, 2.05) is 6.07 Å². The molecule has 0 spiro atoms. The number of morpholine rings is 1. The highest BCUT2D eigenvalue weighted by Gasteiger charge is 2.10. The second-order valence-corrected chi connectivity index (χ2v) is 6.57. The van der Waals surface area contributed by atoms with Gasteiger partial charge >= 0.3 is 0 Å². The number of aromatic nitrogens is 2. The molecule has 1 aromatic heterocycles. The van der Waals surface area contributed by atoms with Crippen molar-refractivity contribution in [2.45, 2.75) is 20.8 Å². The van der Waals surface area contributed by atoms with E-state index in [4.69, 9.17) is 4.74 Å². The third-order valence-corrected chi connectivity index (χ3v) is 4.44. The van der Waals surface area contributed by atoms with Gasteiger partial charge < -0.3 is 15.4 Å². The lowest BCUT2D eigenvalue weighted by molar-refractivity contribution is 0.0398. The van der Waals surface area contributed by atoms with Crippen LogP contribution in [0.2, 0.25) is 0 Å². The lowest BCUT2D eigenvalue weighted by Gasteiger charge is -2.26. The van der Waals surface area contributed by atoms with E-state index in [-0.39, 0.29) is 0 Å². The highest BCUT2D eigenvalue weighted by atomic mass is 16.5. The zero-order chi connectivity index (χ0) is 17.6. The lowest BCUT2D eigenvalue weighted by Crippen LogP contribution is -2.39. The van der Waals surface area contributed by atoms with E-state index in [1.165, 1.54) is 16.7 Å². The summed E-state index contributed by atoms with van der Waals surface area (Å²) in [6.45, 7) is 11.9. The number of hydrogen-bond acceptors (Lipinski definition) is 6. The molecule has 6 heteroatoms. The molecule has 0 saturated carbocycles. The minimum Gasteiger partial charge on any atom is -0.379 e. The van der Waals surface area contributed by atoms with Crippen molar-refractivity contribution in [3.63, 3.8) is 0 Å². The van der Waals surface area contributed by atoms with Crippen molar-refractivity contribution in [3.05, 3.63) is 41.2 Å². The van der Waals surface area contributed by atoms with Gasteiger partial charge in [0.25, 0.3) is 0 Å². The zero-order valence-corrected chi connectivity index (χ0v) is 15.3. The summed E-state index contributed by atoms with van der Waals surface area (Å²) in [5.41, 5.74) is 4.83. The molecule has 2 heterocycles. The number of rotatable bonds is 6.